The van der Waals surface area contributed by atoms with Crippen molar-refractivity contribution in [2.75, 3.05) is 0 Å². The van der Waals surface area contributed by atoms with Crippen LogP contribution in [0.15, 0.2) is 33.6 Å². The van der Waals surface area contributed by atoms with Gasteiger partial charge in [-0.3, -0.25) is 0 Å². The van der Waals surface area contributed by atoms with Crippen molar-refractivity contribution < 1.29 is 8.83 Å². The third-order valence-electron chi connectivity index (χ3n) is 2.55. The quantitative estimate of drug-likeness (QED) is 0.841. The summed E-state index contributed by atoms with van der Waals surface area (Å²) in [5, 5.41) is 3.32. The fraction of sp³-hybridized carbons (Fsp3) is 0.417. The minimum Gasteiger partial charge on any atom is -0.472 e. The Balaban J connectivity index is 1.87. The Morgan fingerprint density at radius 1 is 1.50 bits per heavy atom. The molecular weight excluding hydrogens is 204 g/mol. The van der Waals surface area contributed by atoms with Crippen LogP contribution in [0.25, 0.3) is 0 Å². The zero-order valence-corrected chi connectivity index (χ0v) is 9.56. The highest BCUT2D eigenvalue weighted by molar-refractivity contribution is 5.10. The van der Waals surface area contributed by atoms with E-state index in [2.05, 4.69) is 17.2 Å². The van der Waals surface area contributed by atoms with Gasteiger partial charge in [0.05, 0.1) is 25.3 Å². The molecule has 2 aromatic rings. The molecule has 1 atom stereocenters. The van der Waals surface area contributed by atoms with Crippen molar-refractivity contribution in [1.29, 1.82) is 0 Å². The molecule has 0 aromatic carbocycles. The molecule has 2 heterocycles. The van der Waals surface area contributed by atoms with Crippen molar-refractivity contribution >= 4 is 0 Å². The molecule has 0 aliphatic rings. The van der Waals surface area contributed by atoms with Gasteiger partial charge in [-0.1, -0.05) is 6.92 Å². The van der Waals surface area contributed by atoms with E-state index in [1.165, 1.54) is 0 Å². The Hall–Kier alpha value is -1.55. The van der Waals surface area contributed by atoms with Crippen LogP contribution in [0.2, 0.25) is 0 Å². The first-order chi connectivity index (χ1) is 7.79. The summed E-state index contributed by atoms with van der Waals surface area (Å²) < 4.78 is 10.5. The van der Waals surface area contributed by atoms with Gasteiger partial charge in [0.1, 0.15) is 5.76 Å². The molecule has 0 bridgehead atoms. The smallest absolute Gasteiger partial charge is 0.208 e. The van der Waals surface area contributed by atoms with Gasteiger partial charge in [0.25, 0.3) is 0 Å². The average molecular weight is 220 g/mol. The lowest BCUT2D eigenvalue weighted by molar-refractivity contribution is 0.423. The van der Waals surface area contributed by atoms with Gasteiger partial charge in [-0.25, -0.2) is 4.98 Å². The van der Waals surface area contributed by atoms with E-state index in [-0.39, 0.29) is 6.04 Å². The van der Waals surface area contributed by atoms with Crippen molar-refractivity contribution in [3.63, 3.8) is 0 Å². The van der Waals surface area contributed by atoms with E-state index in [1.54, 1.807) is 18.7 Å². The molecule has 0 aliphatic carbocycles. The van der Waals surface area contributed by atoms with E-state index >= 15 is 0 Å². The summed E-state index contributed by atoms with van der Waals surface area (Å²) in [5.41, 5.74) is 1.13. The van der Waals surface area contributed by atoms with E-state index in [0.29, 0.717) is 6.54 Å². The molecule has 2 rings (SSSR count). The summed E-state index contributed by atoms with van der Waals surface area (Å²) in [6.45, 7) is 4.76. The molecule has 1 unspecified atom stereocenters. The summed E-state index contributed by atoms with van der Waals surface area (Å²) in [4.78, 5) is 4.19. The topological polar surface area (TPSA) is 51.2 Å². The van der Waals surface area contributed by atoms with E-state index in [1.807, 2.05) is 13.0 Å². The minimum atomic E-state index is 0.232. The molecule has 2 aromatic heterocycles. The summed E-state index contributed by atoms with van der Waals surface area (Å²) in [6, 6.07) is 2.18. The number of nitrogens with zero attached hydrogens (tertiary/aromatic N) is 1. The molecule has 0 saturated carbocycles. The van der Waals surface area contributed by atoms with Gasteiger partial charge < -0.3 is 14.2 Å². The molecule has 0 radical (unpaired) electrons. The molecule has 86 valence electrons. The fourth-order valence-electron chi connectivity index (χ4n) is 1.47. The average Bonchev–Trinajstić information content (AvgIpc) is 2.96. The predicted molar refractivity (Wildman–Crippen MR) is 59.8 cm³/mol. The summed E-state index contributed by atoms with van der Waals surface area (Å²) in [7, 11) is 0. The van der Waals surface area contributed by atoms with E-state index < -0.39 is 0 Å². The van der Waals surface area contributed by atoms with Crippen LogP contribution in [0.1, 0.15) is 37.1 Å². The number of hydrogen-bond donors (Lipinski definition) is 1. The maximum absolute atomic E-state index is 5.50. The highest BCUT2D eigenvalue weighted by atomic mass is 16.4. The number of rotatable bonds is 5. The highest BCUT2D eigenvalue weighted by Crippen LogP contribution is 2.13. The molecule has 0 spiro atoms. The SMILES string of the molecule is CCc1cnc(CNC(C)c2ccoc2)o1. The molecule has 0 amide bonds. The third kappa shape index (κ3) is 2.52. The molecule has 0 saturated heterocycles. The molecule has 4 nitrogen and oxygen atoms in total. The first-order valence-electron chi connectivity index (χ1n) is 5.48. The van der Waals surface area contributed by atoms with Crippen LogP contribution in [0.4, 0.5) is 0 Å². The molecule has 0 fully saturated rings. The van der Waals surface area contributed by atoms with Gasteiger partial charge >= 0.3 is 0 Å². The molecular formula is C12H16N2O2. The number of oxazole rings is 1. The zero-order valence-electron chi connectivity index (χ0n) is 9.56. The van der Waals surface area contributed by atoms with Crippen molar-refractivity contribution in [2.24, 2.45) is 0 Å². The van der Waals surface area contributed by atoms with Gasteiger partial charge in [-0.15, -0.1) is 0 Å². The van der Waals surface area contributed by atoms with Crippen LogP contribution in [0.3, 0.4) is 0 Å². The third-order valence-corrected chi connectivity index (χ3v) is 2.55. The van der Waals surface area contributed by atoms with Crippen LogP contribution in [-0.2, 0) is 13.0 Å². The summed E-state index contributed by atoms with van der Waals surface area (Å²) in [6.07, 6.45) is 6.07. The van der Waals surface area contributed by atoms with Gasteiger partial charge in [-0.2, -0.15) is 0 Å². The van der Waals surface area contributed by atoms with Crippen LogP contribution in [0, 0.1) is 0 Å². The molecule has 1 N–H and O–H groups in total. The molecule has 16 heavy (non-hydrogen) atoms. The van der Waals surface area contributed by atoms with Crippen molar-refractivity contribution in [2.45, 2.75) is 32.9 Å². The first kappa shape index (κ1) is 11.0. The number of aromatic nitrogens is 1. The van der Waals surface area contributed by atoms with Gasteiger partial charge in [-0.05, 0) is 13.0 Å². The van der Waals surface area contributed by atoms with Crippen molar-refractivity contribution in [3.8, 4) is 0 Å². The lowest BCUT2D eigenvalue weighted by atomic mass is 10.2. The lowest BCUT2D eigenvalue weighted by Crippen LogP contribution is -2.17. The second kappa shape index (κ2) is 4.99. The Morgan fingerprint density at radius 2 is 2.38 bits per heavy atom. The highest BCUT2D eigenvalue weighted by Gasteiger charge is 2.08. The predicted octanol–water partition coefficient (Wildman–Crippen LogP) is 2.68. The Bertz CT molecular complexity index is 420. The Morgan fingerprint density at radius 3 is 3.00 bits per heavy atom. The van der Waals surface area contributed by atoms with Gasteiger partial charge in [0.15, 0.2) is 0 Å². The second-order valence-corrected chi connectivity index (χ2v) is 3.73. The maximum atomic E-state index is 5.50. The normalized spacial score (nSPS) is 12.9. The Kier molecular flexibility index (Phi) is 3.41. The van der Waals surface area contributed by atoms with Gasteiger partial charge in [0, 0.05) is 18.0 Å². The minimum absolute atomic E-state index is 0.232. The van der Waals surface area contributed by atoms with Gasteiger partial charge in [0.2, 0.25) is 5.89 Å². The van der Waals surface area contributed by atoms with Crippen LogP contribution in [0.5, 0.6) is 0 Å². The molecule has 4 heteroatoms. The van der Waals surface area contributed by atoms with Crippen molar-refractivity contribution in [3.05, 3.63) is 42.0 Å². The van der Waals surface area contributed by atoms with E-state index in [9.17, 15) is 0 Å². The standard InChI is InChI=1S/C12H16N2O2/c1-3-11-6-14-12(16-11)7-13-9(2)10-4-5-15-8-10/h4-6,8-9,13H,3,7H2,1-2H3. The number of aryl methyl sites for hydroxylation is 1. The number of hydrogen-bond acceptors (Lipinski definition) is 4. The first-order valence-corrected chi connectivity index (χ1v) is 5.48. The monoisotopic (exact) mass is 220 g/mol. The Labute approximate surface area is 94.7 Å². The number of furan rings is 1. The number of nitrogens with one attached hydrogen (secondary N) is 1. The second-order valence-electron chi connectivity index (χ2n) is 3.73. The van der Waals surface area contributed by atoms with E-state index in [0.717, 1.165) is 23.6 Å². The largest absolute Gasteiger partial charge is 0.472 e. The lowest BCUT2D eigenvalue weighted by Gasteiger charge is -2.09. The van der Waals surface area contributed by atoms with Crippen LogP contribution >= 0.6 is 0 Å². The fourth-order valence-corrected chi connectivity index (χ4v) is 1.47. The van der Waals surface area contributed by atoms with Crippen LogP contribution in [-0.4, -0.2) is 4.98 Å². The maximum Gasteiger partial charge on any atom is 0.208 e. The van der Waals surface area contributed by atoms with Crippen molar-refractivity contribution in [1.82, 2.24) is 10.3 Å². The zero-order chi connectivity index (χ0) is 11.4. The van der Waals surface area contributed by atoms with Crippen LogP contribution < -0.4 is 5.32 Å². The molecule has 0 aliphatic heterocycles. The summed E-state index contributed by atoms with van der Waals surface area (Å²) in [5.74, 6) is 1.65. The summed E-state index contributed by atoms with van der Waals surface area (Å²) >= 11 is 0. The van der Waals surface area contributed by atoms with E-state index in [4.69, 9.17) is 8.83 Å².